The Morgan fingerprint density at radius 2 is 2.00 bits per heavy atom. The predicted octanol–water partition coefficient (Wildman–Crippen LogP) is 2.50. The van der Waals surface area contributed by atoms with E-state index in [0.717, 1.165) is 30.9 Å². The molecule has 1 aliphatic heterocycles. The maximum absolute atomic E-state index is 12.6. The van der Waals surface area contributed by atoms with Crippen molar-refractivity contribution in [2.75, 3.05) is 19.7 Å². The van der Waals surface area contributed by atoms with Gasteiger partial charge in [-0.2, -0.15) is 0 Å². The number of carbonyl (C=O) groups is 1. The largest absolute Gasteiger partial charge is 0.477 e. The van der Waals surface area contributed by atoms with E-state index < -0.39 is 0 Å². The fourth-order valence-corrected chi connectivity index (χ4v) is 3.36. The van der Waals surface area contributed by atoms with Crippen LogP contribution in [0.5, 0.6) is 5.88 Å². The maximum atomic E-state index is 12.6. The van der Waals surface area contributed by atoms with Crippen molar-refractivity contribution in [1.82, 2.24) is 15.4 Å². The summed E-state index contributed by atoms with van der Waals surface area (Å²) < 4.78 is 11.6. The van der Waals surface area contributed by atoms with Crippen LogP contribution in [0.2, 0.25) is 0 Å². The number of nitrogens with one attached hydrogen (secondary N) is 1. The number of nitrogens with zero attached hydrogens (tertiary/aromatic N) is 2. The molecule has 2 aliphatic carbocycles. The lowest BCUT2D eigenvalue weighted by atomic mass is 10.1. The zero-order valence-corrected chi connectivity index (χ0v) is 15.0. The molecule has 0 aromatic carbocycles. The third kappa shape index (κ3) is 4.30. The molecule has 1 aromatic rings. The van der Waals surface area contributed by atoms with E-state index in [0.29, 0.717) is 30.5 Å². The fourth-order valence-electron chi connectivity index (χ4n) is 3.36. The number of rotatable bonds is 6. The van der Waals surface area contributed by atoms with Crippen molar-refractivity contribution in [2.45, 2.75) is 57.7 Å². The number of aromatic nitrogens is 1. The number of morpholine rings is 1. The van der Waals surface area contributed by atoms with Gasteiger partial charge in [0.05, 0.1) is 24.4 Å². The lowest BCUT2D eigenvalue weighted by Gasteiger charge is -2.35. The van der Waals surface area contributed by atoms with Crippen molar-refractivity contribution in [3.05, 3.63) is 23.4 Å². The Morgan fingerprint density at radius 1 is 1.28 bits per heavy atom. The molecule has 2 heterocycles. The minimum atomic E-state index is -0.107. The van der Waals surface area contributed by atoms with Gasteiger partial charge in [-0.15, -0.1) is 0 Å². The van der Waals surface area contributed by atoms with E-state index in [1.165, 1.54) is 12.8 Å². The highest BCUT2D eigenvalue weighted by molar-refractivity contribution is 5.93. The number of pyridine rings is 1. The van der Waals surface area contributed by atoms with Crippen LogP contribution in [0.15, 0.2) is 12.3 Å². The van der Waals surface area contributed by atoms with Crippen LogP contribution < -0.4 is 10.2 Å². The van der Waals surface area contributed by atoms with E-state index in [-0.39, 0.29) is 18.1 Å². The smallest absolute Gasteiger partial charge is 0.267 e. The number of hydrogen-bond donors (Lipinski definition) is 1. The number of hydrogen-bond acceptors (Lipinski definition) is 5. The molecule has 2 unspecified atom stereocenters. The van der Waals surface area contributed by atoms with E-state index in [1.807, 2.05) is 24.9 Å². The SMILES string of the molecule is CC1CN(NC(=O)c2cnc(OCC3CC3)c(C3CC3)c2)CC(C)O1. The highest BCUT2D eigenvalue weighted by Crippen LogP contribution is 2.44. The van der Waals surface area contributed by atoms with E-state index in [4.69, 9.17) is 9.47 Å². The molecule has 1 saturated heterocycles. The molecule has 136 valence electrons. The molecule has 25 heavy (non-hydrogen) atoms. The van der Waals surface area contributed by atoms with Crippen molar-refractivity contribution in [3.8, 4) is 5.88 Å². The topological polar surface area (TPSA) is 63.7 Å². The third-order valence-electron chi connectivity index (χ3n) is 4.99. The molecule has 2 saturated carbocycles. The van der Waals surface area contributed by atoms with Gasteiger partial charge in [-0.3, -0.25) is 10.2 Å². The van der Waals surface area contributed by atoms with Crippen LogP contribution in [-0.4, -0.2) is 47.8 Å². The molecule has 0 spiro atoms. The standard InChI is InChI=1S/C19H27N3O3/c1-12-9-22(10-13(2)25-12)21-18(23)16-7-17(15-5-6-15)19(20-8-16)24-11-14-3-4-14/h7-8,12-15H,3-6,9-11H2,1-2H3,(H,21,23). The van der Waals surface area contributed by atoms with Crippen molar-refractivity contribution < 1.29 is 14.3 Å². The second kappa shape index (κ2) is 6.92. The van der Waals surface area contributed by atoms with Crippen molar-refractivity contribution >= 4 is 5.91 Å². The number of amides is 1. The molecular weight excluding hydrogens is 318 g/mol. The van der Waals surface area contributed by atoms with Gasteiger partial charge in [-0.1, -0.05) is 0 Å². The quantitative estimate of drug-likeness (QED) is 0.858. The summed E-state index contributed by atoms with van der Waals surface area (Å²) in [5.41, 5.74) is 4.69. The zero-order chi connectivity index (χ0) is 17.4. The lowest BCUT2D eigenvalue weighted by Crippen LogP contribution is -2.53. The zero-order valence-electron chi connectivity index (χ0n) is 15.0. The summed E-state index contributed by atoms with van der Waals surface area (Å²) in [6.07, 6.45) is 6.70. The monoisotopic (exact) mass is 345 g/mol. The first-order valence-electron chi connectivity index (χ1n) is 9.42. The van der Waals surface area contributed by atoms with Gasteiger partial charge < -0.3 is 9.47 Å². The van der Waals surface area contributed by atoms with Gasteiger partial charge in [-0.25, -0.2) is 9.99 Å². The summed E-state index contributed by atoms with van der Waals surface area (Å²) in [7, 11) is 0. The van der Waals surface area contributed by atoms with E-state index >= 15 is 0 Å². The average molecular weight is 345 g/mol. The number of ether oxygens (including phenoxy) is 2. The second-order valence-corrected chi connectivity index (χ2v) is 7.75. The van der Waals surface area contributed by atoms with Crippen molar-refractivity contribution in [3.63, 3.8) is 0 Å². The lowest BCUT2D eigenvalue weighted by molar-refractivity contribution is -0.0797. The van der Waals surface area contributed by atoms with Crippen LogP contribution in [0, 0.1) is 5.92 Å². The molecule has 0 radical (unpaired) electrons. The highest BCUT2D eigenvalue weighted by atomic mass is 16.5. The van der Waals surface area contributed by atoms with Gasteiger partial charge in [0.15, 0.2) is 0 Å². The second-order valence-electron chi connectivity index (χ2n) is 7.75. The Morgan fingerprint density at radius 3 is 2.64 bits per heavy atom. The fraction of sp³-hybridized carbons (Fsp3) is 0.684. The summed E-state index contributed by atoms with van der Waals surface area (Å²) in [6, 6.07) is 1.97. The van der Waals surface area contributed by atoms with Crippen LogP contribution in [0.1, 0.15) is 61.4 Å². The van der Waals surface area contributed by atoms with Crippen LogP contribution in [0.25, 0.3) is 0 Å². The summed E-state index contributed by atoms with van der Waals surface area (Å²) in [5.74, 6) is 1.81. The maximum Gasteiger partial charge on any atom is 0.267 e. The molecule has 4 rings (SSSR count). The summed E-state index contributed by atoms with van der Waals surface area (Å²) in [4.78, 5) is 17.1. The van der Waals surface area contributed by atoms with E-state index in [2.05, 4.69) is 10.4 Å². The molecule has 6 heteroatoms. The van der Waals surface area contributed by atoms with Crippen LogP contribution in [0.4, 0.5) is 0 Å². The summed E-state index contributed by atoms with van der Waals surface area (Å²) in [5, 5.41) is 1.94. The van der Waals surface area contributed by atoms with Crippen LogP contribution in [-0.2, 0) is 4.74 Å². The molecule has 6 nitrogen and oxygen atoms in total. The predicted molar refractivity (Wildman–Crippen MR) is 93.5 cm³/mol. The molecule has 2 atom stereocenters. The Balaban J connectivity index is 1.43. The molecular formula is C19H27N3O3. The number of hydrazine groups is 1. The highest BCUT2D eigenvalue weighted by Gasteiger charge is 2.30. The first-order valence-corrected chi connectivity index (χ1v) is 9.42. The normalized spacial score (nSPS) is 27.1. The first kappa shape index (κ1) is 16.8. The van der Waals surface area contributed by atoms with Gasteiger partial charge in [0.2, 0.25) is 5.88 Å². The minimum Gasteiger partial charge on any atom is -0.477 e. The van der Waals surface area contributed by atoms with E-state index in [9.17, 15) is 4.79 Å². The molecule has 1 amide bonds. The third-order valence-corrected chi connectivity index (χ3v) is 4.99. The summed E-state index contributed by atoms with van der Waals surface area (Å²) in [6.45, 7) is 6.19. The molecule has 3 fully saturated rings. The molecule has 0 bridgehead atoms. The number of carbonyl (C=O) groups excluding carboxylic acids is 1. The van der Waals surface area contributed by atoms with Crippen LogP contribution >= 0.6 is 0 Å². The molecule has 1 aromatic heterocycles. The summed E-state index contributed by atoms with van der Waals surface area (Å²) >= 11 is 0. The Bertz CT molecular complexity index is 633. The van der Waals surface area contributed by atoms with Gasteiger partial charge in [0.1, 0.15) is 0 Å². The van der Waals surface area contributed by atoms with E-state index in [1.54, 1.807) is 6.20 Å². The van der Waals surface area contributed by atoms with Crippen molar-refractivity contribution in [1.29, 1.82) is 0 Å². The Hall–Kier alpha value is -1.66. The van der Waals surface area contributed by atoms with Crippen molar-refractivity contribution in [2.24, 2.45) is 5.92 Å². The first-order chi connectivity index (χ1) is 12.1. The average Bonchev–Trinajstić information content (AvgIpc) is 3.46. The minimum absolute atomic E-state index is 0.107. The van der Waals surface area contributed by atoms with Gasteiger partial charge in [0.25, 0.3) is 5.91 Å². The molecule has 3 aliphatic rings. The van der Waals surface area contributed by atoms with Gasteiger partial charge in [-0.05, 0) is 57.4 Å². The van der Waals surface area contributed by atoms with Gasteiger partial charge in [0, 0.05) is 24.8 Å². The Labute approximate surface area is 148 Å². The van der Waals surface area contributed by atoms with Crippen LogP contribution in [0.3, 0.4) is 0 Å². The van der Waals surface area contributed by atoms with Gasteiger partial charge >= 0.3 is 0 Å². The molecule has 1 N–H and O–H groups in total. The Kier molecular flexibility index (Phi) is 4.65.